The average molecular weight is 390 g/mol. The molecule has 2 aromatic carbocycles. The van der Waals surface area contributed by atoms with Crippen molar-refractivity contribution in [3.05, 3.63) is 53.1 Å². The predicted octanol–water partition coefficient (Wildman–Crippen LogP) is 2.26. The first-order valence-electron chi connectivity index (χ1n) is 8.25. The zero-order valence-corrected chi connectivity index (χ0v) is 15.8. The molecule has 0 atom stereocenters. The molecule has 0 saturated heterocycles. The number of hydroxylamine groups is 1. The maximum atomic E-state index is 11.9. The van der Waals surface area contributed by atoms with Crippen molar-refractivity contribution >= 4 is 12.0 Å². The van der Waals surface area contributed by atoms with Crippen LogP contribution in [0.3, 0.4) is 0 Å². The molecule has 0 bridgehead atoms. The van der Waals surface area contributed by atoms with E-state index in [1.165, 1.54) is 33.5 Å². The summed E-state index contributed by atoms with van der Waals surface area (Å²) in [6, 6.07) is 9.76. The highest BCUT2D eigenvalue weighted by Crippen LogP contribution is 2.38. The molecule has 0 radical (unpaired) electrons. The second-order valence-corrected chi connectivity index (χ2v) is 5.60. The molecule has 0 aliphatic heterocycles. The Morgan fingerprint density at radius 2 is 1.54 bits per heavy atom. The fraction of sp³-hybridized carbons (Fsp3) is 0.263. The van der Waals surface area contributed by atoms with Gasteiger partial charge in [-0.05, 0) is 35.4 Å². The molecule has 9 heteroatoms. The molecule has 0 aliphatic carbocycles. The van der Waals surface area contributed by atoms with E-state index in [-0.39, 0.29) is 13.2 Å². The normalized spacial score (nSPS) is 10.0. The smallest absolute Gasteiger partial charge is 0.407 e. The van der Waals surface area contributed by atoms with Crippen LogP contribution in [0.4, 0.5) is 4.79 Å². The van der Waals surface area contributed by atoms with Crippen molar-refractivity contribution in [2.24, 2.45) is 0 Å². The summed E-state index contributed by atoms with van der Waals surface area (Å²) in [5.74, 6) is 0.779. The van der Waals surface area contributed by atoms with E-state index in [1.54, 1.807) is 29.7 Å². The quantitative estimate of drug-likeness (QED) is 0.468. The summed E-state index contributed by atoms with van der Waals surface area (Å²) >= 11 is 0. The van der Waals surface area contributed by atoms with Gasteiger partial charge >= 0.3 is 6.09 Å². The van der Waals surface area contributed by atoms with Gasteiger partial charge in [0.05, 0.1) is 21.3 Å². The van der Waals surface area contributed by atoms with Gasteiger partial charge in [0.25, 0.3) is 5.91 Å². The van der Waals surface area contributed by atoms with Crippen LogP contribution in [-0.4, -0.2) is 38.5 Å². The first-order chi connectivity index (χ1) is 13.5. The van der Waals surface area contributed by atoms with E-state index in [4.69, 9.17) is 24.2 Å². The summed E-state index contributed by atoms with van der Waals surface area (Å²) in [5.41, 5.74) is 3.29. The van der Waals surface area contributed by atoms with Gasteiger partial charge in [0.1, 0.15) is 6.61 Å². The van der Waals surface area contributed by atoms with Crippen molar-refractivity contribution in [3.8, 4) is 17.2 Å². The van der Waals surface area contributed by atoms with Crippen LogP contribution in [0.25, 0.3) is 0 Å². The number of nitrogens with one attached hydrogen (secondary N) is 2. The van der Waals surface area contributed by atoms with E-state index in [0.717, 1.165) is 5.56 Å². The molecule has 2 rings (SSSR count). The molecule has 28 heavy (non-hydrogen) atoms. The highest BCUT2D eigenvalue weighted by atomic mass is 16.5. The molecule has 0 aromatic heterocycles. The largest absolute Gasteiger partial charge is 0.493 e. The maximum absolute atomic E-state index is 11.9. The van der Waals surface area contributed by atoms with Gasteiger partial charge in [0, 0.05) is 12.1 Å². The van der Waals surface area contributed by atoms with Gasteiger partial charge in [-0.1, -0.05) is 12.1 Å². The minimum atomic E-state index is -0.607. The van der Waals surface area contributed by atoms with Gasteiger partial charge in [-0.15, -0.1) is 0 Å². The number of hydrogen-bond acceptors (Lipinski definition) is 7. The van der Waals surface area contributed by atoms with Crippen molar-refractivity contribution in [1.82, 2.24) is 10.8 Å². The lowest BCUT2D eigenvalue weighted by atomic mass is 10.1. The summed E-state index contributed by atoms with van der Waals surface area (Å²) in [5, 5.41) is 11.2. The molecule has 0 unspecified atom stereocenters. The lowest BCUT2D eigenvalue weighted by molar-refractivity contribution is 0.0706. The third-order valence-corrected chi connectivity index (χ3v) is 3.85. The van der Waals surface area contributed by atoms with Crippen LogP contribution >= 0.6 is 0 Å². The zero-order chi connectivity index (χ0) is 20.5. The van der Waals surface area contributed by atoms with Crippen molar-refractivity contribution in [1.29, 1.82) is 0 Å². The number of alkyl carbamates (subject to hydrolysis) is 1. The van der Waals surface area contributed by atoms with E-state index in [1.807, 2.05) is 0 Å². The first kappa shape index (κ1) is 20.8. The Bertz CT molecular complexity index is 797. The second kappa shape index (κ2) is 10.0. The van der Waals surface area contributed by atoms with E-state index >= 15 is 0 Å². The first-order valence-corrected chi connectivity index (χ1v) is 8.25. The number of carbonyl (C=O) groups excluding carboxylic acids is 2. The number of carbonyl (C=O) groups is 2. The Balaban J connectivity index is 1.91. The predicted molar refractivity (Wildman–Crippen MR) is 98.8 cm³/mol. The maximum Gasteiger partial charge on any atom is 0.407 e. The van der Waals surface area contributed by atoms with Gasteiger partial charge in [-0.25, -0.2) is 10.3 Å². The third kappa shape index (κ3) is 5.27. The van der Waals surface area contributed by atoms with Crippen LogP contribution in [0, 0.1) is 0 Å². The Hall–Kier alpha value is -3.46. The average Bonchev–Trinajstić information content (AvgIpc) is 2.74. The Labute approximate surface area is 162 Å². The van der Waals surface area contributed by atoms with Crippen molar-refractivity contribution in [2.45, 2.75) is 13.2 Å². The molecule has 9 nitrogen and oxygen atoms in total. The molecular formula is C19H22N2O7. The van der Waals surface area contributed by atoms with Crippen LogP contribution in [0.15, 0.2) is 36.4 Å². The van der Waals surface area contributed by atoms with Crippen LogP contribution < -0.4 is 25.0 Å². The Morgan fingerprint density at radius 3 is 2.04 bits per heavy atom. The van der Waals surface area contributed by atoms with Gasteiger partial charge in [-0.2, -0.15) is 0 Å². The molecule has 0 spiro atoms. The van der Waals surface area contributed by atoms with Gasteiger partial charge in [0.15, 0.2) is 11.5 Å². The number of rotatable bonds is 8. The molecule has 3 N–H and O–H groups in total. The summed E-state index contributed by atoms with van der Waals surface area (Å²) in [6.07, 6.45) is -0.606. The fourth-order valence-electron chi connectivity index (χ4n) is 2.43. The van der Waals surface area contributed by atoms with Crippen LogP contribution in [0.5, 0.6) is 17.2 Å². The van der Waals surface area contributed by atoms with Crippen LogP contribution in [-0.2, 0) is 17.9 Å². The molecule has 0 saturated carbocycles. The highest BCUT2D eigenvalue weighted by molar-refractivity contribution is 5.93. The number of hydrogen-bond donors (Lipinski definition) is 3. The second-order valence-electron chi connectivity index (χ2n) is 5.60. The lowest BCUT2D eigenvalue weighted by Gasteiger charge is -2.14. The van der Waals surface area contributed by atoms with Gasteiger partial charge < -0.3 is 24.3 Å². The van der Waals surface area contributed by atoms with E-state index in [9.17, 15) is 9.59 Å². The molecule has 2 aromatic rings. The summed E-state index contributed by atoms with van der Waals surface area (Å²) < 4.78 is 21.0. The van der Waals surface area contributed by atoms with Crippen LogP contribution in [0.2, 0.25) is 0 Å². The van der Waals surface area contributed by atoms with Crippen molar-refractivity contribution < 1.29 is 33.7 Å². The summed E-state index contributed by atoms with van der Waals surface area (Å²) in [7, 11) is 4.51. The molecule has 0 fully saturated rings. The lowest BCUT2D eigenvalue weighted by Crippen LogP contribution is -2.24. The molecule has 0 aliphatic rings. The monoisotopic (exact) mass is 390 g/mol. The Kier molecular flexibility index (Phi) is 7.46. The van der Waals surface area contributed by atoms with E-state index < -0.39 is 12.0 Å². The molecule has 0 heterocycles. The molecule has 150 valence electrons. The van der Waals surface area contributed by atoms with Gasteiger partial charge in [0.2, 0.25) is 5.75 Å². The third-order valence-electron chi connectivity index (χ3n) is 3.85. The van der Waals surface area contributed by atoms with E-state index in [2.05, 4.69) is 5.32 Å². The minimum absolute atomic E-state index is 0.0121. The fourth-order valence-corrected chi connectivity index (χ4v) is 2.43. The zero-order valence-electron chi connectivity index (χ0n) is 15.8. The van der Waals surface area contributed by atoms with Crippen LogP contribution in [0.1, 0.15) is 21.5 Å². The number of ether oxygens (including phenoxy) is 4. The van der Waals surface area contributed by atoms with Crippen molar-refractivity contribution in [2.75, 3.05) is 21.3 Å². The highest BCUT2D eigenvalue weighted by Gasteiger charge is 2.14. The topological polar surface area (TPSA) is 115 Å². The summed E-state index contributed by atoms with van der Waals surface area (Å²) in [4.78, 5) is 23.2. The number of benzene rings is 2. The number of amides is 2. The minimum Gasteiger partial charge on any atom is -0.493 e. The SMILES string of the molecule is COc1cc(COC(=O)NCc2ccc(C(=O)NO)cc2)cc(OC)c1OC. The molecule has 2 amide bonds. The van der Waals surface area contributed by atoms with Gasteiger partial charge in [-0.3, -0.25) is 10.0 Å². The van der Waals surface area contributed by atoms with Crippen molar-refractivity contribution in [3.63, 3.8) is 0 Å². The Morgan fingerprint density at radius 1 is 0.929 bits per heavy atom. The summed E-state index contributed by atoms with van der Waals surface area (Å²) in [6.45, 7) is 0.229. The van der Waals surface area contributed by atoms with E-state index in [0.29, 0.717) is 28.4 Å². The number of methoxy groups -OCH3 is 3. The standard InChI is InChI=1S/C19H22N2O7/c1-25-15-8-13(9-16(26-2)17(15)27-3)11-28-19(23)20-10-12-4-6-14(7-5-12)18(22)21-24/h4-9,24H,10-11H2,1-3H3,(H,20,23)(H,21,22). The molecular weight excluding hydrogens is 368 g/mol.